The zero-order valence-corrected chi connectivity index (χ0v) is 14.4. The lowest BCUT2D eigenvalue weighted by molar-refractivity contribution is 0.0325. The Morgan fingerprint density at radius 3 is 2.75 bits per heavy atom. The van der Waals surface area contributed by atoms with Gasteiger partial charge in [0.05, 0.1) is 18.6 Å². The van der Waals surface area contributed by atoms with Crippen LogP contribution in [0.5, 0.6) is 5.75 Å². The topological polar surface area (TPSA) is 46.5 Å². The summed E-state index contributed by atoms with van der Waals surface area (Å²) in [6, 6.07) is 15.8. The Morgan fingerprint density at radius 2 is 2.00 bits per heavy atom. The first-order valence-corrected chi connectivity index (χ1v) is 9.28. The minimum absolute atomic E-state index is 0.0106. The molecule has 1 heterocycles. The molecular weight excluding hydrogens is 320 g/mol. The highest BCUT2D eigenvalue weighted by Gasteiger charge is 2.57. The van der Waals surface area contributed by atoms with Crippen molar-refractivity contribution < 1.29 is 14.6 Å². The SMILES string of the molecule is COc1ccc2c(c1)CC[C@@]1(C2=O)[C@@H](c2ccccc2)SC[C@@H]1O. The maximum Gasteiger partial charge on any atom is 0.173 e. The smallest absolute Gasteiger partial charge is 0.173 e. The summed E-state index contributed by atoms with van der Waals surface area (Å²) in [6.07, 6.45) is 0.870. The molecule has 4 heteroatoms. The standard InChI is InChI=1S/C20H20O3S/c1-23-15-7-8-16-14(11-15)9-10-20(18(16)22)17(21)12-24-19(20)13-5-3-2-4-6-13/h2-8,11,17,19,21H,9-10,12H2,1H3/t17-,19+,20+/m0/s1. The second kappa shape index (κ2) is 5.94. The van der Waals surface area contributed by atoms with Gasteiger partial charge in [-0.05, 0) is 42.2 Å². The number of aliphatic hydroxyl groups is 1. The van der Waals surface area contributed by atoms with Crippen LogP contribution < -0.4 is 4.74 Å². The zero-order chi connectivity index (χ0) is 16.7. The summed E-state index contributed by atoms with van der Waals surface area (Å²) >= 11 is 1.70. The van der Waals surface area contributed by atoms with Crippen molar-refractivity contribution in [2.24, 2.45) is 5.41 Å². The Balaban J connectivity index is 1.79. The number of ether oxygens (including phenoxy) is 1. The van der Waals surface area contributed by atoms with E-state index >= 15 is 0 Å². The van der Waals surface area contributed by atoms with Crippen molar-refractivity contribution in [2.45, 2.75) is 24.2 Å². The van der Waals surface area contributed by atoms with Crippen LogP contribution in [0.3, 0.4) is 0 Å². The number of hydrogen-bond donors (Lipinski definition) is 1. The molecule has 0 bridgehead atoms. The summed E-state index contributed by atoms with van der Waals surface area (Å²) in [7, 11) is 1.64. The van der Waals surface area contributed by atoms with Crippen LogP contribution in [-0.2, 0) is 6.42 Å². The molecule has 0 aromatic heterocycles. The molecule has 0 unspecified atom stereocenters. The summed E-state index contributed by atoms with van der Waals surface area (Å²) in [5.74, 6) is 1.47. The van der Waals surface area contributed by atoms with Crippen LogP contribution in [0.25, 0.3) is 0 Å². The number of aliphatic hydroxyl groups excluding tert-OH is 1. The van der Waals surface area contributed by atoms with Gasteiger partial charge < -0.3 is 9.84 Å². The Bertz CT molecular complexity index is 774. The van der Waals surface area contributed by atoms with E-state index in [9.17, 15) is 9.90 Å². The van der Waals surface area contributed by atoms with Crippen molar-refractivity contribution in [2.75, 3.05) is 12.9 Å². The van der Waals surface area contributed by atoms with Gasteiger partial charge in [0.2, 0.25) is 0 Å². The van der Waals surface area contributed by atoms with E-state index in [1.165, 1.54) is 0 Å². The second-order valence-electron chi connectivity index (χ2n) is 6.53. The number of carbonyl (C=O) groups is 1. The number of hydrogen-bond acceptors (Lipinski definition) is 4. The first kappa shape index (κ1) is 15.7. The van der Waals surface area contributed by atoms with E-state index in [-0.39, 0.29) is 11.0 Å². The molecule has 0 amide bonds. The molecule has 0 saturated carbocycles. The normalized spacial score (nSPS) is 28.8. The summed E-state index contributed by atoms with van der Waals surface area (Å²) in [5.41, 5.74) is 2.18. The van der Waals surface area contributed by atoms with Crippen molar-refractivity contribution in [1.29, 1.82) is 0 Å². The maximum absolute atomic E-state index is 13.4. The van der Waals surface area contributed by atoms with Gasteiger partial charge in [-0.25, -0.2) is 0 Å². The second-order valence-corrected chi connectivity index (χ2v) is 7.67. The first-order chi connectivity index (χ1) is 11.7. The van der Waals surface area contributed by atoms with Crippen LogP contribution in [0.15, 0.2) is 48.5 Å². The fourth-order valence-electron chi connectivity index (χ4n) is 4.08. The van der Waals surface area contributed by atoms with Crippen LogP contribution in [-0.4, -0.2) is 29.9 Å². The van der Waals surface area contributed by atoms with E-state index < -0.39 is 11.5 Å². The predicted molar refractivity (Wildman–Crippen MR) is 95.7 cm³/mol. The Labute approximate surface area is 146 Å². The van der Waals surface area contributed by atoms with Crippen molar-refractivity contribution in [3.63, 3.8) is 0 Å². The lowest BCUT2D eigenvalue weighted by Gasteiger charge is -2.40. The lowest BCUT2D eigenvalue weighted by atomic mass is 9.64. The van der Waals surface area contributed by atoms with Crippen LogP contribution in [0, 0.1) is 5.41 Å². The van der Waals surface area contributed by atoms with E-state index in [4.69, 9.17) is 4.74 Å². The van der Waals surface area contributed by atoms with Crippen LogP contribution >= 0.6 is 11.8 Å². The quantitative estimate of drug-likeness (QED) is 0.906. The number of carbonyl (C=O) groups excluding carboxylic acids is 1. The van der Waals surface area contributed by atoms with E-state index in [2.05, 4.69) is 12.1 Å². The van der Waals surface area contributed by atoms with Crippen molar-refractivity contribution in [3.05, 3.63) is 65.2 Å². The molecule has 24 heavy (non-hydrogen) atoms. The summed E-state index contributed by atoms with van der Waals surface area (Å²) in [5, 5.41) is 10.8. The highest BCUT2D eigenvalue weighted by molar-refractivity contribution is 7.99. The van der Waals surface area contributed by atoms with Crippen molar-refractivity contribution in [1.82, 2.24) is 0 Å². The Morgan fingerprint density at radius 1 is 1.21 bits per heavy atom. The summed E-state index contributed by atoms with van der Waals surface area (Å²) in [4.78, 5) is 13.4. The largest absolute Gasteiger partial charge is 0.497 e. The lowest BCUT2D eigenvalue weighted by Crippen LogP contribution is -2.46. The summed E-state index contributed by atoms with van der Waals surface area (Å²) in [6.45, 7) is 0. The third kappa shape index (κ3) is 2.20. The maximum atomic E-state index is 13.4. The highest BCUT2D eigenvalue weighted by atomic mass is 32.2. The number of Topliss-reactive ketones (excluding diaryl/α,β-unsaturated/α-hetero) is 1. The van der Waals surface area contributed by atoms with E-state index in [0.29, 0.717) is 12.2 Å². The molecule has 1 aliphatic carbocycles. The molecule has 1 fully saturated rings. The number of rotatable bonds is 2. The molecule has 1 saturated heterocycles. The molecule has 2 aliphatic rings. The molecule has 4 rings (SSSR count). The van der Waals surface area contributed by atoms with Gasteiger partial charge in [0.25, 0.3) is 0 Å². The van der Waals surface area contributed by atoms with Gasteiger partial charge in [-0.2, -0.15) is 0 Å². The number of ketones is 1. The van der Waals surface area contributed by atoms with Crippen LogP contribution in [0.4, 0.5) is 0 Å². The van der Waals surface area contributed by atoms with Gasteiger partial charge in [0, 0.05) is 16.6 Å². The molecular formula is C20H20O3S. The van der Waals surface area contributed by atoms with Gasteiger partial charge in [0.1, 0.15) is 5.75 Å². The van der Waals surface area contributed by atoms with Gasteiger partial charge in [-0.1, -0.05) is 30.3 Å². The Kier molecular flexibility index (Phi) is 3.89. The average Bonchev–Trinajstić information content (AvgIpc) is 2.96. The molecule has 2 aromatic carbocycles. The highest BCUT2D eigenvalue weighted by Crippen LogP contribution is 2.58. The monoisotopic (exact) mass is 340 g/mol. The van der Waals surface area contributed by atoms with Gasteiger partial charge >= 0.3 is 0 Å². The van der Waals surface area contributed by atoms with E-state index in [0.717, 1.165) is 28.9 Å². The van der Waals surface area contributed by atoms with E-state index in [1.54, 1.807) is 18.9 Å². The third-order valence-electron chi connectivity index (χ3n) is 5.37. The fourth-order valence-corrected chi connectivity index (χ4v) is 5.78. The number of methoxy groups -OCH3 is 1. The van der Waals surface area contributed by atoms with E-state index in [1.807, 2.05) is 36.4 Å². The molecule has 124 valence electrons. The minimum atomic E-state index is -0.715. The van der Waals surface area contributed by atoms with Crippen LogP contribution in [0.1, 0.15) is 33.2 Å². The van der Waals surface area contributed by atoms with Gasteiger partial charge in [0.15, 0.2) is 5.78 Å². The molecule has 3 atom stereocenters. The molecule has 2 aromatic rings. The minimum Gasteiger partial charge on any atom is -0.497 e. The number of aryl methyl sites for hydroxylation is 1. The molecule has 0 radical (unpaired) electrons. The van der Waals surface area contributed by atoms with Crippen molar-refractivity contribution >= 4 is 17.5 Å². The molecule has 1 aliphatic heterocycles. The number of thioether (sulfide) groups is 1. The molecule has 1 N–H and O–H groups in total. The molecule has 1 spiro atoms. The van der Waals surface area contributed by atoms with Crippen molar-refractivity contribution in [3.8, 4) is 5.75 Å². The predicted octanol–water partition coefficient (Wildman–Crippen LogP) is 3.66. The Hall–Kier alpha value is -1.78. The fraction of sp³-hybridized carbons (Fsp3) is 0.350. The zero-order valence-electron chi connectivity index (χ0n) is 13.6. The summed E-state index contributed by atoms with van der Waals surface area (Å²) < 4.78 is 5.28. The first-order valence-electron chi connectivity index (χ1n) is 8.23. The van der Waals surface area contributed by atoms with Gasteiger partial charge in [-0.15, -0.1) is 11.8 Å². The molecule has 3 nitrogen and oxygen atoms in total. The number of fused-ring (bicyclic) bond motifs is 1. The van der Waals surface area contributed by atoms with Crippen LogP contribution in [0.2, 0.25) is 0 Å². The number of benzene rings is 2. The average molecular weight is 340 g/mol. The third-order valence-corrected chi connectivity index (χ3v) is 6.91. The van der Waals surface area contributed by atoms with Gasteiger partial charge in [-0.3, -0.25) is 4.79 Å².